The summed E-state index contributed by atoms with van der Waals surface area (Å²) in [5.74, 6) is -0.158. The van der Waals surface area contributed by atoms with E-state index in [1.54, 1.807) is 11.8 Å². The number of benzene rings is 1. The molecule has 0 N–H and O–H groups in total. The van der Waals surface area contributed by atoms with Gasteiger partial charge in [-0.1, -0.05) is 27.5 Å². The van der Waals surface area contributed by atoms with Gasteiger partial charge in [0.1, 0.15) is 5.69 Å². The Morgan fingerprint density at radius 1 is 1.55 bits per heavy atom. The lowest BCUT2D eigenvalue weighted by Gasteiger charge is -2.08. The number of methoxy groups -OCH3 is 1. The second kappa shape index (κ2) is 7.02. The fraction of sp³-hybridized carbons (Fsp3) is 0.231. The maximum Gasteiger partial charge on any atom is 0.213 e. The fourth-order valence-electron chi connectivity index (χ4n) is 1.73. The van der Waals surface area contributed by atoms with E-state index in [2.05, 4.69) is 43.6 Å². The predicted octanol–water partition coefficient (Wildman–Crippen LogP) is 3.78. The molecule has 4 nitrogen and oxygen atoms in total. The molecule has 2 aromatic rings. The van der Waals surface area contributed by atoms with E-state index in [0.29, 0.717) is 29.4 Å². The van der Waals surface area contributed by atoms with E-state index in [1.807, 2.05) is 18.2 Å². The van der Waals surface area contributed by atoms with Gasteiger partial charge in [0.05, 0.1) is 24.4 Å². The molecule has 1 heterocycles. The van der Waals surface area contributed by atoms with Crippen molar-refractivity contribution in [3.05, 3.63) is 48.7 Å². The number of rotatable bonds is 5. The van der Waals surface area contributed by atoms with Gasteiger partial charge >= 0.3 is 0 Å². The normalized spacial score (nSPS) is 10.8. The van der Waals surface area contributed by atoms with Crippen LogP contribution in [-0.4, -0.2) is 29.3 Å². The first-order valence-electron chi connectivity index (χ1n) is 5.74. The number of carbonyl (C=O) groups excluding carboxylic acids is 1. The molecular weight excluding hydrogens is 458 g/mol. The summed E-state index contributed by atoms with van der Waals surface area (Å²) in [4.78, 5) is 12.7. The Morgan fingerprint density at radius 2 is 2.30 bits per heavy atom. The zero-order valence-electron chi connectivity index (χ0n) is 10.6. The van der Waals surface area contributed by atoms with E-state index in [4.69, 9.17) is 16.3 Å². The van der Waals surface area contributed by atoms with Crippen LogP contribution in [0, 0.1) is 3.57 Å². The molecule has 0 fully saturated rings. The maximum atomic E-state index is 12.7. The van der Waals surface area contributed by atoms with Gasteiger partial charge in [0.2, 0.25) is 5.78 Å². The third kappa shape index (κ3) is 3.41. The Kier molecular flexibility index (Phi) is 5.59. The van der Waals surface area contributed by atoms with Crippen LogP contribution in [0.1, 0.15) is 16.1 Å². The third-order valence-electron chi connectivity index (χ3n) is 2.69. The first-order chi connectivity index (χ1) is 9.54. The van der Waals surface area contributed by atoms with E-state index in [-0.39, 0.29) is 5.78 Å². The molecule has 0 atom stereocenters. The molecular formula is C13H11BrClIN2O2. The molecule has 1 aromatic heterocycles. The minimum absolute atomic E-state index is 0.158. The number of hydrogen-bond donors (Lipinski definition) is 0. The van der Waals surface area contributed by atoms with Crippen LogP contribution < -0.4 is 0 Å². The van der Waals surface area contributed by atoms with Crippen LogP contribution in [-0.2, 0) is 11.3 Å². The second-order valence-electron chi connectivity index (χ2n) is 4.01. The number of halogens is 3. The van der Waals surface area contributed by atoms with Crippen LogP contribution in [0.4, 0.5) is 0 Å². The van der Waals surface area contributed by atoms with Gasteiger partial charge in [-0.2, -0.15) is 5.10 Å². The van der Waals surface area contributed by atoms with Crippen molar-refractivity contribution in [3.63, 3.8) is 0 Å². The standard InChI is InChI=1S/C13H11BrClIN2O2/c1-20-5-4-18-12(11(15)7-17-18)13(19)9-6-8(16)2-3-10(9)14/h2-3,6-7H,4-5H2,1H3. The number of hydrogen-bond acceptors (Lipinski definition) is 3. The average Bonchev–Trinajstić information content (AvgIpc) is 2.79. The minimum Gasteiger partial charge on any atom is -0.383 e. The molecule has 0 unspecified atom stereocenters. The van der Waals surface area contributed by atoms with Crippen LogP contribution in [0.5, 0.6) is 0 Å². The van der Waals surface area contributed by atoms with Gasteiger partial charge in [0, 0.05) is 20.7 Å². The topological polar surface area (TPSA) is 44.1 Å². The van der Waals surface area contributed by atoms with Crippen LogP contribution >= 0.6 is 50.1 Å². The molecule has 1 aromatic carbocycles. The smallest absolute Gasteiger partial charge is 0.213 e. The number of aromatic nitrogens is 2. The van der Waals surface area contributed by atoms with Crippen molar-refractivity contribution in [1.82, 2.24) is 9.78 Å². The molecule has 0 amide bonds. The van der Waals surface area contributed by atoms with Gasteiger partial charge in [0.15, 0.2) is 0 Å². The summed E-state index contributed by atoms with van der Waals surface area (Å²) >= 11 is 11.7. The predicted molar refractivity (Wildman–Crippen MR) is 89.4 cm³/mol. The summed E-state index contributed by atoms with van der Waals surface area (Å²) in [5.41, 5.74) is 0.949. The van der Waals surface area contributed by atoms with Gasteiger partial charge in [0.25, 0.3) is 0 Å². The fourth-order valence-corrected chi connectivity index (χ4v) is 2.88. The number of ether oxygens (including phenoxy) is 1. The zero-order valence-corrected chi connectivity index (χ0v) is 15.1. The number of ketones is 1. The Labute approximate surface area is 143 Å². The quantitative estimate of drug-likeness (QED) is 0.495. The van der Waals surface area contributed by atoms with Crippen molar-refractivity contribution in [2.75, 3.05) is 13.7 Å². The van der Waals surface area contributed by atoms with Crippen molar-refractivity contribution in [3.8, 4) is 0 Å². The van der Waals surface area contributed by atoms with E-state index in [9.17, 15) is 4.79 Å². The Morgan fingerprint density at radius 3 is 3.00 bits per heavy atom. The average molecular weight is 470 g/mol. The lowest BCUT2D eigenvalue weighted by molar-refractivity contribution is 0.102. The molecule has 106 valence electrons. The number of nitrogens with zero attached hydrogens (tertiary/aromatic N) is 2. The van der Waals surface area contributed by atoms with Crippen molar-refractivity contribution < 1.29 is 9.53 Å². The van der Waals surface area contributed by atoms with Crippen molar-refractivity contribution in [2.45, 2.75) is 6.54 Å². The van der Waals surface area contributed by atoms with Crippen LogP contribution in [0.15, 0.2) is 28.9 Å². The lowest BCUT2D eigenvalue weighted by Crippen LogP contribution is -2.15. The van der Waals surface area contributed by atoms with Gasteiger partial charge in [-0.05, 0) is 40.8 Å². The molecule has 2 rings (SSSR count). The van der Waals surface area contributed by atoms with Crippen LogP contribution in [0.2, 0.25) is 5.02 Å². The molecule has 0 aliphatic carbocycles. The van der Waals surface area contributed by atoms with Gasteiger partial charge in [-0.3, -0.25) is 9.48 Å². The summed E-state index contributed by atoms with van der Waals surface area (Å²) in [5, 5.41) is 4.46. The van der Waals surface area contributed by atoms with Crippen LogP contribution in [0.3, 0.4) is 0 Å². The number of carbonyl (C=O) groups is 1. The monoisotopic (exact) mass is 468 g/mol. The van der Waals surface area contributed by atoms with Gasteiger partial charge < -0.3 is 4.74 Å². The highest BCUT2D eigenvalue weighted by Crippen LogP contribution is 2.25. The molecule has 0 saturated carbocycles. The highest BCUT2D eigenvalue weighted by molar-refractivity contribution is 14.1. The summed E-state index contributed by atoms with van der Waals surface area (Å²) in [7, 11) is 1.60. The van der Waals surface area contributed by atoms with Crippen molar-refractivity contribution >= 4 is 55.9 Å². The van der Waals surface area contributed by atoms with Crippen molar-refractivity contribution in [1.29, 1.82) is 0 Å². The first-order valence-corrected chi connectivity index (χ1v) is 7.99. The molecule has 7 heteroatoms. The van der Waals surface area contributed by atoms with E-state index in [0.717, 1.165) is 8.04 Å². The molecule has 0 saturated heterocycles. The third-order valence-corrected chi connectivity index (χ3v) is 4.33. The molecule has 0 aliphatic rings. The highest BCUT2D eigenvalue weighted by Gasteiger charge is 2.21. The van der Waals surface area contributed by atoms with E-state index < -0.39 is 0 Å². The maximum absolute atomic E-state index is 12.7. The lowest BCUT2D eigenvalue weighted by atomic mass is 10.1. The molecule has 20 heavy (non-hydrogen) atoms. The SMILES string of the molecule is COCCn1ncc(Cl)c1C(=O)c1cc(I)ccc1Br. The summed E-state index contributed by atoms with van der Waals surface area (Å²) in [6.45, 7) is 0.942. The van der Waals surface area contributed by atoms with Crippen LogP contribution in [0.25, 0.3) is 0 Å². The molecule has 0 radical (unpaired) electrons. The summed E-state index contributed by atoms with van der Waals surface area (Å²) < 4.78 is 8.30. The summed E-state index contributed by atoms with van der Waals surface area (Å²) in [6, 6.07) is 5.58. The van der Waals surface area contributed by atoms with Crippen molar-refractivity contribution in [2.24, 2.45) is 0 Å². The Balaban J connectivity index is 2.42. The Bertz CT molecular complexity index is 645. The summed E-state index contributed by atoms with van der Waals surface area (Å²) in [6.07, 6.45) is 1.48. The zero-order chi connectivity index (χ0) is 14.7. The van der Waals surface area contributed by atoms with Gasteiger partial charge in [-0.15, -0.1) is 0 Å². The molecule has 0 aliphatic heterocycles. The Hall–Kier alpha value is -0.440. The van der Waals surface area contributed by atoms with Gasteiger partial charge in [-0.25, -0.2) is 0 Å². The molecule has 0 spiro atoms. The molecule has 0 bridgehead atoms. The van der Waals surface area contributed by atoms with E-state index >= 15 is 0 Å². The first kappa shape index (κ1) is 15.9. The minimum atomic E-state index is -0.158. The highest BCUT2D eigenvalue weighted by atomic mass is 127. The second-order valence-corrected chi connectivity index (χ2v) is 6.52. The van der Waals surface area contributed by atoms with E-state index in [1.165, 1.54) is 6.20 Å². The largest absolute Gasteiger partial charge is 0.383 e.